The molecule has 0 radical (unpaired) electrons. The third-order valence-electron chi connectivity index (χ3n) is 1.18. The van der Waals surface area contributed by atoms with Gasteiger partial charge in [-0.15, -0.1) is 5.10 Å². The summed E-state index contributed by atoms with van der Waals surface area (Å²) in [5.74, 6) is 0. The van der Waals surface area contributed by atoms with Gasteiger partial charge in [-0.05, 0) is 11.4 Å². The Morgan fingerprint density at radius 1 is 1.50 bits per heavy atom. The summed E-state index contributed by atoms with van der Waals surface area (Å²) >= 11 is 1.63. The van der Waals surface area contributed by atoms with E-state index in [1.807, 2.05) is 16.8 Å². The van der Waals surface area contributed by atoms with E-state index >= 15 is 0 Å². The van der Waals surface area contributed by atoms with Crippen LogP contribution in [-0.2, 0) is 0 Å². The van der Waals surface area contributed by atoms with Crippen molar-refractivity contribution in [3.8, 4) is 11.3 Å². The Morgan fingerprint density at radius 3 is 3.10 bits per heavy atom. The molecule has 0 aliphatic heterocycles. The smallest absolute Gasteiger partial charge is 0.152 e. The highest BCUT2D eigenvalue weighted by Crippen LogP contribution is 2.18. The van der Waals surface area contributed by atoms with Crippen molar-refractivity contribution in [3.05, 3.63) is 23.1 Å². The zero-order chi connectivity index (χ0) is 6.81. The molecule has 50 valence electrons. The molecule has 0 atom stereocenters. The SMILES string of the molecule is c1cc(-c2conn2)cs1. The monoisotopic (exact) mass is 152 g/mol. The lowest BCUT2D eigenvalue weighted by atomic mass is 10.3. The van der Waals surface area contributed by atoms with Gasteiger partial charge in [-0.1, -0.05) is 0 Å². The molecular formula is C6H4N2OS. The normalized spacial score (nSPS) is 10.0. The quantitative estimate of drug-likeness (QED) is 0.625. The molecule has 0 saturated carbocycles. The Labute approximate surface area is 61.3 Å². The maximum atomic E-state index is 4.58. The van der Waals surface area contributed by atoms with E-state index in [4.69, 9.17) is 0 Å². The van der Waals surface area contributed by atoms with Gasteiger partial charge in [0.1, 0.15) is 5.69 Å². The van der Waals surface area contributed by atoms with Gasteiger partial charge in [-0.2, -0.15) is 11.3 Å². The predicted octanol–water partition coefficient (Wildman–Crippen LogP) is 1.80. The Hall–Kier alpha value is -1.16. The van der Waals surface area contributed by atoms with Gasteiger partial charge in [0.2, 0.25) is 0 Å². The topological polar surface area (TPSA) is 38.9 Å². The first kappa shape index (κ1) is 5.61. The molecule has 2 heterocycles. The Kier molecular flexibility index (Phi) is 1.25. The van der Waals surface area contributed by atoms with Crippen LogP contribution in [0.5, 0.6) is 0 Å². The first-order chi connectivity index (χ1) is 4.97. The summed E-state index contributed by atoms with van der Waals surface area (Å²) in [7, 11) is 0. The second-order valence-corrected chi connectivity index (χ2v) is 2.58. The number of hydrogen-bond acceptors (Lipinski definition) is 4. The first-order valence-electron chi connectivity index (χ1n) is 2.76. The van der Waals surface area contributed by atoms with Crippen molar-refractivity contribution in [2.24, 2.45) is 0 Å². The fourth-order valence-corrected chi connectivity index (χ4v) is 1.35. The predicted molar refractivity (Wildman–Crippen MR) is 37.6 cm³/mol. The molecule has 0 spiro atoms. The van der Waals surface area contributed by atoms with Gasteiger partial charge in [0.25, 0.3) is 0 Å². The molecule has 0 aliphatic rings. The lowest BCUT2D eigenvalue weighted by Crippen LogP contribution is -1.70. The van der Waals surface area contributed by atoms with Crippen molar-refractivity contribution in [1.29, 1.82) is 0 Å². The minimum absolute atomic E-state index is 0.793. The fourth-order valence-electron chi connectivity index (χ4n) is 0.701. The Balaban J connectivity index is 2.48. The summed E-state index contributed by atoms with van der Waals surface area (Å²) in [6, 6.07) is 1.98. The molecule has 2 aromatic rings. The molecule has 2 rings (SSSR count). The van der Waals surface area contributed by atoms with E-state index in [0.29, 0.717) is 0 Å². The second-order valence-electron chi connectivity index (χ2n) is 1.80. The van der Waals surface area contributed by atoms with Gasteiger partial charge in [0, 0.05) is 16.2 Å². The van der Waals surface area contributed by atoms with Crippen molar-refractivity contribution in [2.75, 3.05) is 0 Å². The average Bonchev–Trinajstić information content (AvgIpc) is 2.59. The van der Waals surface area contributed by atoms with Crippen LogP contribution < -0.4 is 0 Å². The van der Waals surface area contributed by atoms with Crippen LogP contribution in [-0.4, -0.2) is 10.4 Å². The lowest BCUT2D eigenvalue weighted by Gasteiger charge is -1.80. The molecule has 10 heavy (non-hydrogen) atoms. The maximum absolute atomic E-state index is 4.58. The van der Waals surface area contributed by atoms with Gasteiger partial charge in [-0.25, -0.2) is 0 Å². The third-order valence-corrected chi connectivity index (χ3v) is 1.86. The van der Waals surface area contributed by atoms with Crippen LogP contribution in [0.2, 0.25) is 0 Å². The average molecular weight is 152 g/mol. The summed E-state index contributed by atoms with van der Waals surface area (Å²) in [6.07, 6.45) is 1.53. The summed E-state index contributed by atoms with van der Waals surface area (Å²) in [5, 5.41) is 11.1. The highest BCUT2D eigenvalue weighted by Gasteiger charge is 1.99. The first-order valence-corrected chi connectivity index (χ1v) is 3.71. The van der Waals surface area contributed by atoms with Gasteiger partial charge >= 0.3 is 0 Å². The van der Waals surface area contributed by atoms with Crippen molar-refractivity contribution in [2.45, 2.75) is 0 Å². The number of thiophene rings is 1. The maximum Gasteiger partial charge on any atom is 0.152 e. The van der Waals surface area contributed by atoms with E-state index in [9.17, 15) is 0 Å². The van der Waals surface area contributed by atoms with Gasteiger partial charge < -0.3 is 4.52 Å². The zero-order valence-corrected chi connectivity index (χ0v) is 5.84. The summed E-state index contributed by atoms with van der Waals surface area (Å²) in [4.78, 5) is 0. The molecule has 4 heteroatoms. The van der Waals surface area contributed by atoms with Crippen LogP contribution in [0.15, 0.2) is 27.6 Å². The molecule has 0 unspecified atom stereocenters. The van der Waals surface area contributed by atoms with Crippen LogP contribution >= 0.6 is 11.3 Å². The van der Waals surface area contributed by atoms with E-state index in [0.717, 1.165) is 11.3 Å². The third kappa shape index (κ3) is 0.823. The zero-order valence-electron chi connectivity index (χ0n) is 5.02. The van der Waals surface area contributed by atoms with Crippen molar-refractivity contribution in [1.82, 2.24) is 10.4 Å². The summed E-state index contributed by atoms with van der Waals surface area (Å²) in [5.41, 5.74) is 1.85. The minimum Gasteiger partial charge on any atom is -0.345 e. The molecule has 0 fully saturated rings. The highest BCUT2D eigenvalue weighted by molar-refractivity contribution is 7.08. The van der Waals surface area contributed by atoms with Crippen molar-refractivity contribution < 1.29 is 4.52 Å². The Morgan fingerprint density at radius 2 is 2.50 bits per heavy atom. The van der Waals surface area contributed by atoms with E-state index < -0.39 is 0 Å². The largest absolute Gasteiger partial charge is 0.345 e. The van der Waals surface area contributed by atoms with Crippen molar-refractivity contribution >= 4 is 11.3 Å². The molecule has 0 amide bonds. The highest BCUT2D eigenvalue weighted by atomic mass is 32.1. The number of hydrogen-bond donors (Lipinski definition) is 0. The van der Waals surface area contributed by atoms with Gasteiger partial charge in [-0.3, -0.25) is 0 Å². The molecule has 0 saturated heterocycles. The van der Waals surface area contributed by atoms with Gasteiger partial charge in [0.05, 0.1) is 0 Å². The minimum atomic E-state index is 0.793. The molecule has 0 aliphatic carbocycles. The molecule has 0 aromatic carbocycles. The van der Waals surface area contributed by atoms with Crippen LogP contribution in [0.25, 0.3) is 11.3 Å². The van der Waals surface area contributed by atoms with Crippen LogP contribution in [0.1, 0.15) is 0 Å². The standard InChI is InChI=1S/C6H4N2OS/c1-2-10-4-5(1)6-3-9-8-7-6/h1-4H. The molecule has 3 nitrogen and oxygen atoms in total. The van der Waals surface area contributed by atoms with Gasteiger partial charge in [0.15, 0.2) is 6.26 Å². The summed E-state index contributed by atoms with van der Waals surface area (Å²) in [6.45, 7) is 0. The van der Waals surface area contributed by atoms with E-state index in [1.54, 1.807) is 11.3 Å². The molecule has 2 aromatic heterocycles. The van der Waals surface area contributed by atoms with Crippen LogP contribution in [0.4, 0.5) is 0 Å². The summed E-state index contributed by atoms with van der Waals surface area (Å²) < 4.78 is 4.58. The number of aromatic nitrogens is 2. The molecular weight excluding hydrogens is 148 g/mol. The lowest BCUT2D eigenvalue weighted by molar-refractivity contribution is 0.393. The molecule has 0 bridgehead atoms. The second kappa shape index (κ2) is 2.22. The fraction of sp³-hybridized carbons (Fsp3) is 0. The van der Waals surface area contributed by atoms with Crippen LogP contribution in [0, 0.1) is 0 Å². The van der Waals surface area contributed by atoms with E-state index in [2.05, 4.69) is 14.9 Å². The van der Waals surface area contributed by atoms with Crippen LogP contribution in [0.3, 0.4) is 0 Å². The Bertz CT molecular complexity index is 255. The molecule has 0 N–H and O–H groups in total. The van der Waals surface area contributed by atoms with E-state index in [1.165, 1.54) is 6.26 Å². The van der Waals surface area contributed by atoms with E-state index in [-0.39, 0.29) is 0 Å². The number of nitrogens with zero attached hydrogens (tertiary/aromatic N) is 2. The number of rotatable bonds is 1. The van der Waals surface area contributed by atoms with Crippen molar-refractivity contribution in [3.63, 3.8) is 0 Å².